The Morgan fingerprint density at radius 3 is 2.65 bits per heavy atom. The first-order valence-corrected chi connectivity index (χ1v) is 10.1. The standard InChI is InChI=1S/C10H14N4O10P2/c15-10-8-9(11-3-12-10)14(4-13-8)7-1-5(24-26(19,20)21)6(23-7)2-22-25(16,17)18/h3-7H,1-2H2,(H,11,12,15)(H2,16,17,18)(H2,19,20,21)/t5-,6+,7+/m0/s1. The molecule has 26 heavy (non-hydrogen) atoms. The van der Waals surface area contributed by atoms with Crippen molar-refractivity contribution in [1.29, 1.82) is 0 Å². The highest BCUT2D eigenvalue weighted by Gasteiger charge is 2.42. The van der Waals surface area contributed by atoms with Crippen molar-refractivity contribution in [2.45, 2.75) is 24.9 Å². The summed E-state index contributed by atoms with van der Waals surface area (Å²) >= 11 is 0. The third-order valence-corrected chi connectivity index (χ3v) is 4.57. The summed E-state index contributed by atoms with van der Waals surface area (Å²) in [5.41, 5.74) is -0.306. The number of H-pyrrole nitrogens is 1. The van der Waals surface area contributed by atoms with Crippen molar-refractivity contribution in [3.05, 3.63) is 23.0 Å². The Labute approximate surface area is 144 Å². The number of nitrogens with one attached hydrogen (secondary N) is 1. The average Bonchev–Trinajstić information content (AvgIpc) is 3.07. The SMILES string of the molecule is O=c1[nH]cnc2c1ncn2[C@H]1C[C@H](OP(=O)(O)O)[C@@H](COP(=O)(O)O)O1. The van der Waals surface area contributed by atoms with Crippen molar-refractivity contribution in [2.75, 3.05) is 6.61 Å². The molecule has 0 unspecified atom stereocenters. The third kappa shape index (κ3) is 4.43. The minimum Gasteiger partial charge on any atom is -0.349 e. The number of aromatic nitrogens is 4. The van der Waals surface area contributed by atoms with Crippen LogP contribution in [0.3, 0.4) is 0 Å². The predicted octanol–water partition coefficient (Wildman–Crippen LogP) is -1.01. The molecule has 3 atom stereocenters. The summed E-state index contributed by atoms with van der Waals surface area (Å²) in [5.74, 6) is 0. The van der Waals surface area contributed by atoms with Crippen molar-refractivity contribution < 1.29 is 42.5 Å². The van der Waals surface area contributed by atoms with Crippen LogP contribution in [0.25, 0.3) is 11.2 Å². The first kappa shape index (κ1) is 19.3. The van der Waals surface area contributed by atoms with Gasteiger partial charge in [0, 0.05) is 6.42 Å². The van der Waals surface area contributed by atoms with Gasteiger partial charge in [0.1, 0.15) is 18.4 Å². The van der Waals surface area contributed by atoms with Gasteiger partial charge in [0.25, 0.3) is 5.56 Å². The lowest BCUT2D eigenvalue weighted by atomic mass is 10.2. The maximum atomic E-state index is 11.7. The monoisotopic (exact) mass is 412 g/mol. The van der Waals surface area contributed by atoms with Gasteiger partial charge in [0.05, 0.1) is 19.3 Å². The highest BCUT2D eigenvalue weighted by atomic mass is 31.2. The molecule has 3 heterocycles. The second-order valence-electron chi connectivity index (χ2n) is 5.34. The predicted molar refractivity (Wildman–Crippen MR) is 81.6 cm³/mol. The average molecular weight is 412 g/mol. The van der Waals surface area contributed by atoms with E-state index in [1.54, 1.807) is 0 Å². The van der Waals surface area contributed by atoms with Crippen molar-refractivity contribution in [3.8, 4) is 0 Å². The van der Waals surface area contributed by atoms with E-state index in [4.69, 9.17) is 24.3 Å². The zero-order valence-electron chi connectivity index (χ0n) is 12.8. The quantitative estimate of drug-likeness (QED) is 0.362. The first-order valence-electron chi connectivity index (χ1n) is 7.03. The van der Waals surface area contributed by atoms with Gasteiger partial charge in [-0.3, -0.25) is 18.4 Å². The molecule has 14 nitrogen and oxygen atoms in total. The summed E-state index contributed by atoms with van der Waals surface area (Å²) in [7, 11) is -9.73. The molecule has 1 aliphatic heterocycles. The van der Waals surface area contributed by atoms with Gasteiger partial charge in [-0.1, -0.05) is 0 Å². The molecule has 0 radical (unpaired) electrons. The summed E-state index contributed by atoms with van der Waals surface area (Å²) in [6.07, 6.45) is -1.04. The van der Waals surface area contributed by atoms with Crippen LogP contribution in [0.1, 0.15) is 12.6 Å². The van der Waals surface area contributed by atoms with Crippen molar-refractivity contribution in [2.24, 2.45) is 0 Å². The highest BCUT2D eigenvalue weighted by molar-refractivity contribution is 7.46. The largest absolute Gasteiger partial charge is 0.469 e. The van der Waals surface area contributed by atoms with Crippen LogP contribution < -0.4 is 5.56 Å². The molecule has 0 amide bonds. The number of phosphoric acid groups is 2. The lowest BCUT2D eigenvalue weighted by molar-refractivity contribution is -0.0417. The van der Waals surface area contributed by atoms with E-state index in [1.165, 1.54) is 10.9 Å². The van der Waals surface area contributed by atoms with Gasteiger partial charge in [0.2, 0.25) is 0 Å². The number of aromatic amines is 1. The molecule has 0 aliphatic carbocycles. The fraction of sp³-hybridized carbons (Fsp3) is 0.500. The Bertz CT molecular complexity index is 947. The molecule has 0 spiro atoms. The van der Waals surface area contributed by atoms with Crippen LogP contribution in [0.15, 0.2) is 17.4 Å². The topological polar surface area (TPSA) is 206 Å². The van der Waals surface area contributed by atoms with Crippen LogP contribution in [-0.4, -0.2) is 57.9 Å². The van der Waals surface area contributed by atoms with E-state index in [-0.39, 0.29) is 17.6 Å². The molecule has 0 aromatic carbocycles. The van der Waals surface area contributed by atoms with E-state index in [0.29, 0.717) is 0 Å². The molecule has 2 aromatic rings. The summed E-state index contributed by atoms with van der Waals surface area (Å²) < 4.78 is 37.8. The molecular weight excluding hydrogens is 398 g/mol. The summed E-state index contributed by atoms with van der Waals surface area (Å²) in [6.45, 7) is -0.675. The third-order valence-electron chi connectivity index (χ3n) is 3.54. The molecular formula is C10H14N4O10P2. The smallest absolute Gasteiger partial charge is 0.349 e. The van der Waals surface area contributed by atoms with Crippen LogP contribution in [-0.2, 0) is 22.9 Å². The van der Waals surface area contributed by atoms with Crippen LogP contribution >= 0.6 is 15.6 Å². The minimum absolute atomic E-state index is 0.0264. The lowest BCUT2D eigenvalue weighted by Gasteiger charge is -2.19. The van der Waals surface area contributed by atoms with Gasteiger partial charge in [-0.15, -0.1) is 0 Å². The van der Waals surface area contributed by atoms with Gasteiger partial charge in [0.15, 0.2) is 11.2 Å². The Kier molecular flexibility index (Phi) is 5.14. The Morgan fingerprint density at radius 1 is 1.27 bits per heavy atom. The normalized spacial score (nSPS) is 24.4. The molecule has 2 aromatic heterocycles. The van der Waals surface area contributed by atoms with E-state index in [0.717, 1.165) is 6.33 Å². The highest BCUT2D eigenvalue weighted by Crippen LogP contribution is 2.45. The van der Waals surface area contributed by atoms with Gasteiger partial charge < -0.3 is 29.3 Å². The van der Waals surface area contributed by atoms with E-state index in [9.17, 15) is 13.9 Å². The zero-order valence-corrected chi connectivity index (χ0v) is 14.6. The van der Waals surface area contributed by atoms with E-state index >= 15 is 0 Å². The minimum atomic E-state index is -4.90. The molecule has 1 aliphatic rings. The molecule has 3 rings (SSSR count). The first-order chi connectivity index (χ1) is 12.0. The van der Waals surface area contributed by atoms with Crippen molar-refractivity contribution in [3.63, 3.8) is 0 Å². The summed E-state index contributed by atoms with van der Waals surface area (Å²) in [6, 6.07) is 0. The Balaban J connectivity index is 1.86. The van der Waals surface area contributed by atoms with Crippen molar-refractivity contribution >= 4 is 26.8 Å². The summed E-state index contributed by atoms with van der Waals surface area (Å²) in [4.78, 5) is 57.5. The molecule has 1 fully saturated rings. The second kappa shape index (κ2) is 6.93. The van der Waals surface area contributed by atoms with E-state index < -0.39 is 46.2 Å². The van der Waals surface area contributed by atoms with E-state index in [1.807, 2.05) is 0 Å². The molecule has 16 heteroatoms. The fourth-order valence-electron chi connectivity index (χ4n) is 2.55. The number of hydrogen-bond donors (Lipinski definition) is 5. The van der Waals surface area contributed by atoms with Crippen LogP contribution in [0.2, 0.25) is 0 Å². The van der Waals surface area contributed by atoms with E-state index in [2.05, 4.69) is 24.0 Å². The molecule has 1 saturated heterocycles. The summed E-state index contributed by atoms with van der Waals surface area (Å²) in [5, 5.41) is 0. The van der Waals surface area contributed by atoms with Crippen molar-refractivity contribution in [1.82, 2.24) is 19.5 Å². The number of rotatable bonds is 6. The zero-order chi connectivity index (χ0) is 19.1. The number of imidazole rings is 1. The van der Waals surface area contributed by atoms with Gasteiger partial charge >= 0.3 is 15.6 Å². The number of nitrogens with zero attached hydrogens (tertiary/aromatic N) is 3. The van der Waals surface area contributed by atoms with Gasteiger partial charge in [-0.2, -0.15) is 0 Å². The number of phosphoric ester groups is 2. The molecule has 5 N–H and O–H groups in total. The maximum absolute atomic E-state index is 11.7. The molecule has 0 saturated carbocycles. The van der Waals surface area contributed by atoms with Crippen LogP contribution in [0.5, 0.6) is 0 Å². The Hall–Kier alpha value is -1.47. The van der Waals surface area contributed by atoms with Crippen LogP contribution in [0.4, 0.5) is 0 Å². The maximum Gasteiger partial charge on any atom is 0.469 e. The number of ether oxygens (including phenoxy) is 1. The fourth-order valence-corrected chi connectivity index (χ4v) is 3.47. The Morgan fingerprint density at radius 2 is 2.00 bits per heavy atom. The second-order valence-corrected chi connectivity index (χ2v) is 7.77. The van der Waals surface area contributed by atoms with Gasteiger partial charge in [-0.05, 0) is 0 Å². The lowest BCUT2D eigenvalue weighted by Crippen LogP contribution is -2.28. The van der Waals surface area contributed by atoms with Crippen LogP contribution in [0, 0.1) is 0 Å². The number of fused-ring (bicyclic) bond motifs is 1. The number of hydrogen-bond acceptors (Lipinski definition) is 8. The molecule has 0 bridgehead atoms. The van der Waals surface area contributed by atoms with Gasteiger partial charge in [-0.25, -0.2) is 19.1 Å². The molecule has 144 valence electrons.